The summed E-state index contributed by atoms with van der Waals surface area (Å²) in [4.78, 5) is 0. The van der Waals surface area contributed by atoms with E-state index < -0.39 is 0 Å². The van der Waals surface area contributed by atoms with Crippen LogP contribution in [0.15, 0.2) is 82.5 Å². The van der Waals surface area contributed by atoms with E-state index in [4.69, 9.17) is 14.3 Å². The van der Waals surface area contributed by atoms with Gasteiger partial charge in [-0.1, -0.05) is 36.4 Å². The van der Waals surface area contributed by atoms with E-state index >= 15 is 0 Å². The van der Waals surface area contributed by atoms with Gasteiger partial charge in [0.2, 0.25) is 0 Å². The van der Waals surface area contributed by atoms with Gasteiger partial charge in [0.05, 0.1) is 25.1 Å². The van der Waals surface area contributed by atoms with Crippen molar-refractivity contribution < 1.29 is 9.15 Å². The number of rotatable bonds is 4. The molecule has 0 unspecified atom stereocenters. The fourth-order valence-corrected chi connectivity index (χ4v) is 3.10. The highest BCUT2D eigenvalue weighted by molar-refractivity contribution is 6.01. The van der Waals surface area contributed by atoms with Crippen LogP contribution in [-0.4, -0.2) is 12.8 Å². The lowest BCUT2D eigenvalue weighted by Gasteiger charge is -2.25. The molecule has 2 aromatic carbocycles. The van der Waals surface area contributed by atoms with Crippen molar-refractivity contribution in [2.45, 2.75) is 12.5 Å². The fourth-order valence-electron chi connectivity index (χ4n) is 3.10. The zero-order valence-electron chi connectivity index (χ0n) is 13.4. The van der Waals surface area contributed by atoms with Crippen molar-refractivity contribution in [2.75, 3.05) is 12.1 Å². The summed E-state index contributed by atoms with van der Waals surface area (Å²) in [5, 5.41) is 6.89. The third-order valence-corrected chi connectivity index (χ3v) is 4.23. The molecule has 1 aromatic heterocycles. The van der Waals surface area contributed by atoms with Gasteiger partial charge in [-0.3, -0.25) is 5.01 Å². The van der Waals surface area contributed by atoms with E-state index in [1.807, 2.05) is 48.5 Å². The Balaban J connectivity index is 1.78. The maximum atomic E-state index is 5.57. The highest BCUT2D eigenvalue weighted by Gasteiger charge is 2.32. The molecule has 4 rings (SSSR count). The molecular weight excluding hydrogens is 300 g/mol. The standard InChI is InChI=1S/C20H18N2O2/c1-23-19-11-6-5-10-16(19)18-14-17(20-12-7-13-24-20)21-22(18)15-8-3-2-4-9-15/h2-13,18H,14H2,1H3/t18-/m0/s1. The van der Waals surface area contributed by atoms with Gasteiger partial charge >= 0.3 is 0 Å². The highest BCUT2D eigenvalue weighted by atomic mass is 16.5. The van der Waals surface area contributed by atoms with E-state index in [0.717, 1.165) is 34.9 Å². The minimum atomic E-state index is 0.0728. The summed E-state index contributed by atoms with van der Waals surface area (Å²) in [5.74, 6) is 1.69. The third-order valence-electron chi connectivity index (χ3n) is 4.23. The first kappa shape index (κ1) is 14.6. The van der Waals surface area contributed by atoms with Gasteiger partial charge in [0.15, 0.2) is 0 Å². The Morgan fingerprint density at radius 2 is 1.79 bits per heavy atom. The van der Waals surface area contributed by atoms with Crippen LogP contribution in [0.25, 0.3) is 0 Å². The van der Waals surface area contributed by atoms with E-state index in [1.165, 1.54) is 0 Å². The van der Waals surface area contributed by atoms with Crippen LogP contribution in [0, 0.1) is 0 Å². The summed E-state index contributed by atoms with van der Waals surface area (Å²) in [5.41, 5.74) is 3.11. The summed E-state index contributed by atoms with van der Waals surface area (Å²) < 4.78 is 11.1. The molecule has 2 heterocycles. The Kier molecular flexibility index (Phi) is 3.79. The molecule has 1 aliphatic rings. The lowest BCUT2D eigenvalue weighted by molar-refractivity contribution is 0.405. The summed E-state index contributed by atoms with van der Waals surface area (Å²) in [6.07, 6.45) is 2.45. The number of ether oxygens (including phenoxy) is 1. The summed E-state index contributed by atoms with van der Waals surface area (Å²) in [6, 6.07) is 22.2. The molecular formula is C20H18N2O2. The zero-order valence-corrected chi connectivity index (χ0v) is 13.4. The van der Waals surface area contributed by atoms with Gasteiger partial charge in [-0.05, 0) is 30.3 Å². The van der Waals surface area contributed by atoms with Gasteiger partial charge in [-0.25, -0.2) is 0 Å². The number of hydrogen-bond donors (Lipinski definition) is 0. The first-order chi connectivity index (χ1) is 11.9. The monoisotopic (exact) mass is 318 g/mol. The molecule has 0 N–H and O–H groups in total. The van der Waals surface area contributed by atoms with Crippen molar-refractivity contribution in [3.8, 4) is 5.75 Å². The minimum Gasteiger partial charge on any atom is -0.496 e. The van der Waals surface area contributed by atoms with Crippen LogP contribution in [-0.2, 0) is 0 Å². The Morgan fingerprint density at radius 1 is 1.00 bits per heavy atom. The fraction of sp³-hybridized carbons (Fsp3) is 0.150. The second-order valence-electron chi connectivity index (χ2n) is 5.67. The van der Waals surface area contributed by atoms with E-state index in [2.05, 4.69) is 23.2 Å². The molecule has 0 fully saturated rings. The van der Waals surface area contributed by atoms with Gasteiger partial charge < -0.3 is 9.15 Å². The molecule has 0 saturated carbocycles. The van der Waals surface area contributed by atoms with E-state index in [-0.39, 0.29) is 6.04 Å². The van der Waals surface area contributed by atoms with E-state index in [9.17, 15) is 0 Å². The second-order valence-corrected chi connectivity index (χ2v) is 5.67. The van der Waals surface area contributed by atoms with Crippen LogP contribution in [0.2, 0.25) is 0 Å². The quantitative estimate of drug-likeness (QED) is 0.703. The maximum Gasteiger partial charge on any atom is 0.149 e. The predicted octanol–water partition coefficient (Wildman–Crippen LogP) is 4.64. The number of para-hydroxylation sites is 2. The van der Waals surface area contributed by atoms with Crippen molar-refractivity contribution in [3.05, 3.63) is 84.3 Å². The first-order valence-corrected chi connectivity index (χ1v) is 7.95. The number of furan rings is 1. The van der Waals surface area contributed by atoms with Crippen LogP contribution in [0.5, 0.6) is 5.75 Å². The second kappa shape index (κ2) is 6.24. The molecule has 0 aliphatic carbocycles. The average molecular weight is 318 g/mol. The van der Waals surface area contributed by atoms with Gasteiger partial charge in [-0.15, -0.1) is 0 Å². The first-order valence-electron chi connectivity index (χ1n) is 7.95. The number of hydrazone groups is 1. The third kappa shape index (κ3) is 2.56. The molecule has 0 spiro atoms. The highest BCUT2D eigenvalue weighted by Crippen LogP contribution is 2.39. The molecule has 1 aliphatic heterocycles. The van der Waals surface area contributed by atoms with Crippen molar-refractivity contribution in [1.82, 2.24) is 0 Å². The number of nitrogens with zero attached hydrogens (tertiary/aromatic N) is 2. The van der Waals surface area contributed by atoms with Gasteiger partial charge in [0.25, 0.3) is 0 Å². The summed E-state index contributed by atoms with van der Waals surface area (Å²) in [7, 11) is 1.70. The summed E-state index contributed by atoms with van der Waals surface area (Å²) in [6.45, 7) is 0. The lowest BCUT2D eigenvalue weighted by Crippen LogP contribution is -2.19. The number of hydrogen-bond acceptors (Lipinski definition) is 4. The topological polar surface area (TPSA) is 38.0 Å². The molecule has 120 valence electrons. The Morgan fingerprint density at radius 3 is 2.54 bits per heavy atom. The predicted molar refractivity (Wildman–Crippen MR) is 94.5 cm³/mol. The van der Waals surface area contributed by atoms with Crippen LogP contribution in [0.3, 0.4) is 0 Å². The van der Waals surface area contributed by atoms with E-state index in [1.54, 1.807) is 13.4 Å². The van der Waals surface area contributed by atoms with Crippen molar-refractivity contribution >= 4 is 11.4 Å². The molecule has 0 bridgehead atoms. The van der Waals surface area contributed by atoms with Crippen molar-refractivity contribution in [3.63, 3.8) is 0 Å². The lowest BCUT2D eigenvalue weighted by atomic mass is 9.99. The molecule has 4 nitrogen and oxygen atoms in total. The van der Waals surface area contributed by atoms with Crippen LogP contribution >= 0.6 is 0 Å². The Hall–Kier alpha value is -3.01. The number of anilines is 1. The van der Waals surface area contributed by atoms with Gasteiger partial charge in [0, 0.05) is 12.0 Å². The molecule has 1 atom stereocenters. The SMILES string of the molecule is COc1ccccc1[C@@H]1CC(c2ccco2)=NN1c1ccccc1. The van der Waals surface area contributed by atoms with Crippen LogP contribution in [0.1, 0.15) is 23.8 Å². The Labute approximate surface area is 141 Å². The molecule has 4 heteroatoms. The maximum absolute atomic E-state index is 5.57. The molecule has 0 radical (unpaired) electrons. The van der Waals surface area contributed by atoms with Gasteiger partial charge in [0.1, 0.15) is 17.2 Å². The van der Waals surface area contributed by atoms with Crippen molar-refractivity contribution in [1.29, 1.82) is 0 Å². The minimum absolute atomic E-state index is 0.0728. The van der Waals surface area contributed by atoms with Gasteiger partial charge in [-0.2, -0.15) is 5.10 Å². The molecule has 0 saturated heterocycles. The largest absolute Gasteiger partial charge is 0.496 e. The average Bonchev–Trinajstić information content (AvgIpc) is 3.32. The van der Waals surface area contributed by atoms with E-state index in [0.29, 0.717) is 0 Å². The summed E-state index contributed by atoms with van der Waals surface area (Å²) >= 11 is 0. The smallest absolute Gasteiger partial charge is 0.149 e. The zero-order chi connectivity index (χ0) is 16.4. The molecule has 3 aromatic rings. The normalized spacial score (nSPS) is 17.0. The van der Waals surface area contributed by atoms with Crippen LogP contribution in [0.4, 0.5) is 5.69 Å². The number of benzene rings is 2. The molecule has 0 amide bonds. The number of methoxy groups -OCH3 is 1. The Bertz CT molecular complexity index is 841. The van der Waals surface area contributed by atoms with Crippen LogP contribution < -0.4 is 9.75 Å². The van der Waals surface area contributed by atoms with Crippen molar-refractivity contribution in [2.24, 2.45) is 5.10 Å². The molecule has 24 heavy (non-hydrogen) atoms.